The molecule has 2 N–H and O–H groups in total. The molecule has 8 nitrogen and oxygen atoms in total. The summed E-state index contributed by atoms with van der Waals surface area (Å²) in [5, 5.41) is 0. The summed E-state index contributed by atoms with van der Waals surface area (Å²) in [5.41, 5.74) is 5.33. The second-order valence-electron chi connectivity index (χ2n) is 14.9. The molecule has 1 aliphatic heterocycles. The standard InChI is InChI=1S/C44H83N2O6P/c1-4-6-8-10-12-14-16-18-20-22-24-26-28-30-32-34-36-44(35-33-31-29-27-25-23-21-19-17-15-13-11-9-7-5-2)49-42-43(52-44)41-46(3)38-40-51-53(47,48)50-39-37-45/h11-14,17-20,43H,4-10,15-16,21-42,45H2,1-3H3,(H,47,48)/p-1/b13-11-,14-12-,19-17-,20-18-/t43-,44?/m0/s1. The molecule has 53 heavy (non-hydrogen) atoms. The Morgan fingerprint density at radius 3 is 1.64 bits per heavy atom. The number of nitrogens with zero attached hydrogens (tertiary/aromatic N) is 1. The molecular weight excluding hydrogens is 683 g/mol. The highest BCUT2D eigenvalue weighted by molar-refractivity contribution is 7.45. The number of phosphoric ester groups is 1. The molecule has 1 fully saturated rings. The van der Waals surface area contributed by atoms with E-state index in [-0.39, 0.29) is 25.9 Å². The first-order valence-corrected chi connectivity index (χ1v) is 23.2. The Balaban J connectivity index is 2.38. The Morgan fingerprint density at radius 1 is 0.679 bits per heavy atom. The number of hydrogen-bond donors (Lipinski definition) is 1. The van der Waals surface area contributed by atoms with Gasteiger partial charge in [0.25, 0.3) is 7.82 Å². The lowest BCUT2D eigenvalue weighted by Crippen LogP contribution is -2.36. The molecule has 0 aromatic heterocycles. The van der Waals surface area contributed by atoms with Crippen LogP contribution in [0.5, 0.6) is 0 Å². The van der Waals surface area contributed by atoms with Gasteiger partial charge in [0.05, 0.1) is 25.9 Å². The second kappa shape index (κ2) is 35.3. The molecule has 1 rings (SSSR count). The number of unbranched alkanes of at least 4 members (excludes halogenated alkanes) is 17. The van der Waals surface area contributed by atoms with Gasteiger partial charge in [-0.2, -0.15) is 0 Å². The van der Waals surface area contributed by atoms with Crippen molar-refractivity contribution in [1.29, 1.82) is 0 Å². The Bertz CT molecular complexity index is 989. The van der Waals surface area contributed by atoms with Gasteiger partial charge in [-0.15, -0.1) is 0 Å². The average molecular weight is 766 g/mol. The molecule has 0 radical (unpaired) electrons. The van der Waals surface area contributed by atoms with Gasteiger partial charge in [-0.1, -0.05) is 140 Å². The van der Waals surface area contributed by atoms with Crippen LogP contribution in [0.1, 0.15) is 174 Å². The van der Waals surface area contributed by atoms with Crippen molar-refractivity contribution in [1.82, 2.24) is 4.90 Å². The molecule has 9 heteroatoms. The number of nitrogens with two attached hydrogens (primary N) is 1. The predicted molar refractivity (Wildman–Crippen MR) is 223 cm³/mol. The highest BCUT2D eigenvalue weighted by Gasteiger charge is 2.40. The number of allylic oxidation sites excluding steroid dienone is 8. The summed E-state index contributed by atoms with van der Waals surface area (Å²) in [5.74, 6) is -0.506. The first kappa shape index (κ1) is 49.9. The molecule has 1 saturated heterocycles. The van der Waals surface area contributed by atoms with Crippen LogP contribution in [-0.2, 0) is 23.1 Å². The minimum atomic E-state index is -4.32. The third kappa shape index (κ3) is 30.8. The van der Waals surface area contributed by atoms with E-state index in [1.54, 1.807) is 0 Å². The summed E-state index contributed by atoms with van der Waals surface area (Å²) >= 11 is 0. The number of rotatable bonds is 38. The summed E-state index contributed by atoms with van der Waals surface area (Å²) in [4.78, 5) is 13.9. The van der Waals surface area contributed by atoms with Crippen molar-refractivity contribution in [3.05, 3.63) is 48.6 Å². The zero-order valence-corrected chi connectivity index (χ0v) is 35.4. The fourth-order valence-electron chi connectivity index (χ4n) is 6.62. The smallest absolute Gasteiger partial charge is 0.267 e. The van der Waals surface area contributed by atoms with E-state index in [1.165, 1.54) is 122 Å². The molecule has 1 heterocycles. The third-order valence-electron chi connectivity index (χ3n) is 9.79. The zero-order valence-electron chi connectivity index (χ0n) is 34.5. The number of phosphoric acid groups is 1. The van der Waals surface area contributed by atoms with E-state index < -0.39 is 13.6 Å². The summed E-state index contributed by atoms with van der Waals surface area (Å²) in [7, 11) is -2.37. The number of likely N-dealkylation sites (N-methyl/N-ethyl adjacent to an activating group) is 1. The van der Waals surface area contributed by atoms with Crippen LogP contribution in [0.2, 0.25) is 0 Å². The van der Waals surface area contributed by atoms with Crippen LogP contribution < -0.4 is 10.6 Å². The molecule has 1 aliphatic rings. The largest absolute Gasteiger partial charge is 0.756 e. The molecule has 0 amide bonds. The van der Waals surface area contributed by atoms with E-state index >= 15 is 0 Å². The first-order chi connectivity index (χ1) is 25.9. The van der Waals surface area contributed by atoms with Crippen LogP contribution in [0, 0.1) is 0 Å². The monoisotopic (exact) mass is 766 g/mol. The third-order valence-corrected chi connectivity index (χ3v) is 10.8. The second-order valence-corrected chi connectivity index (χ2v) is 16.4. The van der Waals surface area contributed by atoms with Gasteiger partial charge in [-0.05, 0) is 77.7 Å². The molecule has 0 saturated carbocycles. The van der Waals surface area contributed by atoms with Crippen molar-refractivity contribution in [2.75, 3.05) is 46.5 Å². The van der Waals surface area contributed by atoms with E-state index in [2.05, 4.69) is 62.5 Å². The van der Waals surface area contributed by atoms with Crippen LogP contribution in [-0.4, -0.2) is 63.3 Å². The Morgan fingerprint density at radius 2 is 1.13 bits per heavy atom. The van der Waals surface area contributed by atoms with Crippen LogP contribution in [0.4, 0.5) is 0 Å². The van der Waals surface area contributed by atoms with Crippen molar-refractivity contribution >= 4 is 7.82 Å². The van der Waals surface area contributed by atoms with Crippen molar-refractivity contribution < 1.29 is 28.0 Å². The van der Waals surface area contributed by atoms with E-state index in [0.717, 1.165) is 38.5 Å². The normalized spacial score (nSPS) is 19.3. The Hall–Kier alpha value is -1.09. The topological polar surface area (TPSA) is 106 Å². The predicted octanol–water partition coefficient (Wildman–Crippen LogP) is 11.5. The molecule has 0 aromatic carbocycles. The Labute approximate surface area is 327 Å². The van der Waals surface area contributed by atoms with Crippen molar-refractivity contribution in [2.45, 2.75) is 186 Å². The maximum Gasteiger partial charge on any atom is 0.267 e. The summed E-state index contributed by atoms with van der Waals surface area (Å²) in [6, 6.07) is 0. The highest BCUT2D eigenvalue weighted by Crippen LogP contribution is 2.38. The summed E-state index contributed by atoms with van der Waals surface area (Å²) in [6.45, 7) is 6.24. The van der Waals surface area contributed by atoms with E-state index in [1.807, 2.05) is 11.9 Å². The first-order valence-electron chi connectivity index (χ1n) is 21.8. The van der Waals surface area contributed by atoms with Crippen molar-refractivity contribution in [3.63, 3.8) is 0 Å². The highest BCUT2D eigenvalue weighted by atomic mass is 31.2. The van der Waals surface area contributed by atoms with Crippen LogP contribution in [0.25, 0.3) is 0 Å². The number of ether oxygens (including phenoxy) is 2. The maximum absolute atomic E-state index is 11.8. The van der Waals surface area contributed by atoms with Crippen molar-refractivity contribution in [2.24, 2.45) is 5.73 Å². The van der Waals surface area contributed by atoms with Gasteiger partial charge in [0, 0.05) is 32.5 Å². The molecule has 310 valence electrons. The van der Waals surface area contributed by atoms with Crippen LogP contribution in [0.3, 0.4) is 0 Å². The fraction of sp³-hybridized carbons (Fsp3) is 0.818. The number of hydrogen-bond acceptors (Lipinski definition) is 8. The van der Waals surface area contributed by atoms with Gasteiger partial charge >= 0.3 is 0 Å². The molecule has 0 aromatic rings. The summed E-state index contributed by atoms with van der Waals surface area (Å²) in [6.07, 6.45) is 48.7. The summed E-state index contributed by atoms with van der Waals surface area (Å²) < 4.78 is 34.7. The van der Waals surface area contributed by atoms with Gasteiger partial charge in [0.2, 0.25) is 0 Å². The quantitative estimate of drug-likeness (QED) is 0.0376. The average Bonchev–Trinajstić information content (AvgIpc) is 3.54. The molecular formula is C44H82N2O6P-. The molecule has 0 spiro atoms. The van der Waals surface area contributed by atoms with Crippen molar-refractivity contribution in [3.8, 4) is 0 Å². The molecule has 0 aliphatic carbocycles. The minimum absolute atomic E-state index is 0.0279. The molecule has 3 atom stereocenters. The Kier molecular flexibility index (Phi) is 33.3. The SMILES string of the molecule is CCCC/C=C\C/C=C\CCCCCCCCC1(CCCCCCCC/C=C\C/C=C\CCCCC)OC[C@H](CN(C)CCOP(=O)([O-])OCCN)O1. The van der Waals surface area contributed by atoms with Gasteiger partial charge in [0.1, 0.15) is 0 Å². The lowest BCUT2D eigenvalue weighted by molar-refractivity contribution is -0.225. The van der Waals surface area contributed by atoms with Gasteiger partial charge in [-0.25, -0.2) is 0 Å². The zero-order chi connectivity index (χ0) is 38.6. The van der Waals surface area contributed by atoms with Gasteiger partial charge in [-0.3, -0.25) is 4.57 Å². The van der Waals surface area contributed by atoms with E-state index in [9.17, 15) is 9.46 Å². The van der Waals surface area contributed by atoms with E-state index in [0.29, 0.717) is 19.7 Å². The molecule has 0 bridgehead atoms. The van der Waals surface area contributed by atoms with E-state index in [4.69, 9.17) is 24.3 Å². The van der Waals surface area contributed by atoms with Gasteiger partial charge in [0.15, 0.2) is 5.79 Å². The van der Waals surface area contributed by atoms with Crippen LogP contribution in [0.15, 0.2) is 48.6 Å². The maximum atomic E-state index is 11.8. The molecule has 2 unspecified atom stereocenters. The lowest BCUT2D eigenvalue weighted by Gasteiger charge is -2.29. The van der Waals surface area contributed by atoms with Crippen LogP contribution >= 0.6 is 7.82 Å². The lowest BCUT2D eigenvalue weighted by atomic mass is 9.98. The van der Waals surface area contributed by atoms with Gasteiger partial charge < -0.3 is 34.0 Å². The fourth-order valence-corrected chi connectivity index (χ4v) is 7.33. The minimum Gasteiger partial charge on any atom is -0.756 e.